The predicted octanol–water partition coefficient (Wildman–Crippen LogP) is 4.93. The second-order valence-electron chi connectivity index (χ2n) is 8.05. The number of nitrogens with zero attached hydrogens (tertiary/aromatic N) is 3. The zero-order valence-electron chi connectivity index (χ0n) is 18.1. The molecule has 0 radical (unpaired) electrons. The number of anilines is 1. The van der Waals surface area contributed by atoms with E-state index in [4.69, 9.17) is 9.15 Å². The Balaban J connectivity index is 1.35. The lowest BCUT2D eigenvalue weighted by molar-refractivity contribution is -0.112. The van der Waals surface area contributed by atoms with Crippen molar-refractivity contribution in [2.75, 3.05) is 17.7 Å². The van der Waals surface area contributed by atoms with Crippen LogP contribution in [0.15, 0.2) is 69.9 Å². The highest BCUT2D eigenvalue weighted by atomic mass is 32.2. The molecule has 160 valence electrons. The van der Waals surface area contributed by atoms with Gasteiger partial charge in [-0.15, -0.1) is 10.2 Å². The lowest BCUT2D eigenvalue weighted by atomic mass is 9.83. The van der Waals surface area contributed by atoms with Gasteiger partial charge in [0.05, 0.1) is 5.75 Å². The van der Waals surface area contributed by atoms with Crippen molar-refractivity contribution < 1.29 is 13.9 Å². The van der Waals surface area contributed by atoms with Crippen LogP contribution >= 0.6 is 11.8 Å². The van der Waals surface area contributed by atoms with Gasteiger partial charge in [0, 0.05) is 29.9 Å². The Hall–Kier alpha value is -3.06. The predicted molar refractivity (Wildman–Crippen MR) is 121 cm³/mol. The van der Waals surface area contributed by atoms with E-state index in [0.29, 0.717) is 11.1 Å². The lowest BCUT2D eigenvalue weighted by Crippen LogP contribution is -2.24. The van der Waals surface area contributed by atoms with Gasteiger partial charge in [-0.25, -0.2) is 0 Å². The van der Waals surface area contributed by atoms with Crippen LogP contribution < -0.4 is 9.64 Å². The van der Waals surface area contributed by atoms with E-state index >= 15 is 0 Å². The van der Waals surface area contributed by atoms with Crippen LogP contribution in [0.2, 0.25) is 0 Å². The largest absolute Gasteiger partial charge is 0.484 e. The molecule has 0 fully saturated rings. The Morgan fingerprint density at radius 2 is 2.00 bits per heavy atom. The minimum atomic E-state index is -0.226. The van der Waals surface area contributed by atoms with E-state index in [2.05, 4.69) is 41.1 Å². The molecule has 1 aliphatic heterocycles. The molecule has 2 heterocycles. The monoisotopic (exact) mass is 435 g/mol. The van der Waals surface area contributed by atoms with E-state index in [-0.39, 0.29) is 23.6 Å². The molecule has 31 heavy (non-hydrogen) atoms. The number of rotatable bonds is 7. The first-order chi connectivity index (χ1) is 14.8. The first kappa shape index (κ1) is 21.2. The van der Waals surface area contributed by atoms with Crippen LogP contribution in [-0.4, -0.2) is 28.8 Å². The average Bonchev–Trinajstić information content (AvgIpc) is 3.28. The van der Waals surface area contributed by atoms with Gasteiger partial charge < -0.3 is 14.1 Å². The number of likely N-dealkylation sites (N-methyl/N-ethyl adjacent to an activating group) is 1. The number of ether oxygens (including phenoxy) is 1. The summed E-state index contributed by atoms with van der Waals surface area (Å²) in [7, 11) is 2.00. The maximum atomic E-state index is 12.7. The molecule has 1 aromatic heterocycles. The summed E-state index contributed by atoms with van der Waals surface area (Å²) in [6.07, 6.45) is 1.73. The van der Waals surface area contributed by atoms with Crippen LogP contribution in [-0.2, 0) is 16.8 Å². The molecule has 0 N–H and O–H groups in total. The number of aryl methyl sites for hydroxylation is 1. The van der Waals surface area contributed by atoms with Gasteiger partial charge in [-0.1, -0.05) is 55.9 Å². The number of ketones is 1. The molecule has 0 atom stereocenters. The summed E-state index contributed by atoms with van der Waals surface area (Å²) < 4.78 is 11.3. The molecule has 0 unspecified atom stereocenters. The van der Waals surface area contributed by atoms with E-state index < -0.39 is 0 Å². The van der Waals surface area contributed by atoms with E-state index in [1.807, 2.05) is 50.4 Å². The van der Waals surface area contributed by atoms with Crippen molar-refractivity contribution in [1.29, 1.82) is 0 Å². The zero-order valence-corrected chi connectivity index (χ0v) is 18.9. The van der Waals surface area contributed by atoms with Crippen LogP contribution in [0, 0.1) is 6.92 Å². The van der Waals surface area contributed by atoms with Gasteiger partial charge in [0.15, 0.2) is 12.4 Å². The van der Waals surface area contributed by atoms with E-state index in [1.165, 1.54) is 17.3 Å². The average molecular weight is 436 g/mol. The summed E-state index contributed by atoms with van der Waals surface area (Å²) in [5.41, 5.74) is 4.23. The van der Waals surface area contributed by atoms with Crippen molar-refractivity contribution in [3.05, 3.63) is 77.3 Å². The third kappa shape index (κ3) is 4.51. The molecule has 0 saturated heterocycles. The molecule has 2 aromatic carbocycles. The number of para-hydroxylation sites is 1. The highest BCUT2D eigenvalue weighted by Crippen LogP contribution is 2.46. The number of thioether (sulfide) groups is 1. The van der Waals surface area contributed by atoms with E-state index in [1.54, 1.807) is 6.08 Å². The summed E-state index contributed by atoms with van der Waals surface area (Å²) >= 11 is 1.23. The van der Waals surface area contributed by atoms with E-state index in [9.17, 15) is 4.79 Å². The fourth-order valence-electron chi connectivity index (χ4n) is 3.79. The van der Waals surface area contributed by atoms with Gasteiger partial charge in [-0.05, 0) is 36.2 Å². The molecule has 1 aliphatic rings. The fourth-order valence-corrected chi connectivity index (χ4v) is 4.39. The van der Waals surface area contributed by atoms with Crippen molar-refractivity contribution >= 4 is 23.2 Å². The van der Waals surface area contributed by atoms with Gasteiger partial charge in [0.1, 0.15) is 5.75 Å². The number of benzene rings is 2. The second-order valence-corrected chi connectivity index (χ2v) is 8.98. The Labute approximate surface area is 186 Å². The molecule has 7 heteroatoms. The summed E-state index contributed by atoms with van der Waals surface area (Å²) in [5, 5.41) is 8.37. The van der Waals surface area contributed by atoms with Crippen molar-refractivity contribution in [2.45, 2.75) is 38.0 Å². The molecule has 0 aliphatic carbocycles. The Kier molecular flexibility index (Phi) is 5.87. The number of hydrogen-bond donors (Lipinski definition) is 0. The van der Waals surface area contributed by atoms with Crippen molar-refractivity contribution in [1.82, 2.24) is 10.2 Å². The third-order valence-electron chi connectivity index (χ3n) is 5.38. The minimum Gasteiger partial charge on any atom is -0.484 e. The number of carbonyl (C=O) groups excluding carboxylic acids is 1. The first-order valence-electron chi connectivity index (χ1n) is 10.1. The normalized spacial score (nSPS) is 15.9. The van der Waals surface area contributed by atoms with E-state index in [0.717, 1.165) is 22.7 Å². The highest BCUT2D eigenvalue weighted by Gasteiger charge is 2.38. The molecule has 3 aromatic rings. The Morgan fingerprint density at radius 3 is 2.77 bits per heavy atom. The number of aromatic nitrogens is 2. The minimum absolute atomic E-state index is 0.00323. The molecule has 0 bridgehead atoms. The Morgan fingerprint density at radius 1 is 1.19 bits per heavy atom. The van der Waals surface area contributed by atoms with Crippen LogP contribution in [0.25, 0.3) is 0 Å². The van der Waals surface area contributed by atoms with Gasteiger partial charge >= 0.3 is 0 Å². The maximum Gasteiger partial charge on any atom is 0.277 e. The Bertz CT molecular complexity index is 1140. The van der Waals surface area contributed by atoms with Gasteiger partial charge in [-0.3, -0.25) is 4.79 Å². The number of allylic oxidation sites excluding steroid dienone is 2. The van der Waals surface area contributed by atoms with Crippen molar-refractivity contribution in [2.24, 2.45) is 0 Å². The summed E-state index contributed by atoms with van der Waals surface area (Å²) in [6, 6.07) is 16.0. The molecule has 4 rings (SSSR count). The molecule has 0 saturated carbocycles. The number of carbonyl (C=O) groups is 1. The van der Waals surface area contributed by atoms with Gasteiger partial charge in [-0.2, -0.15) is 0 Å². The van der Waals surface area contributed by atoms with Crippen molar-refractivity contribution in [3.63, 3.8) is 0 Å². The third-order valence-corrected chi connectivity index (χ3v) is 6.22. The maximum absolute atomic E-state index is 12.7. The molecular weight excluding hydrogens is 410 g/mol. The van der Waals surface area contributed by atoms with Crippen LogP contribution in [0.4, 0.5) is 5.69 Å². The molecule has 0 amide bonds. The summed E-state index contributed by atoms with van der Waals surface area (Å²) in [4.78, 5) is 14.8. The number of fused-ring (bicyclic) bond motifs is 1. The first-order valence-corrected chi connectivity index (χ1v) is 11.1. The SMILES string of the molecule is Cc1cccc(OCc2nnc(SCC(=O)/C=C3\N(C)c4ccccc4C3(C)C)o2)c1. The zero-order chi connectivity index (χ0) is 22.0. The van der Waals surface area contributed by atoms with Crippen LogP contribution in [0.3, 0.4) is 0 Å². The summed E-state index contributed by atoms with van der Waals surface area (Å²) in [6.45, 7) is 6.47. The number of hydrogen-bond acceptors (Lipinski definition) is 7. The van der Waals surface area contributed by atoms with Crippen LogP contribution in [0.5, 0.6) is 5.75 Å². The smallest absolute Gasteiger partial charge is 0.277 e. The molecular formula is C24H25N3O3S. The topological polar surface area (TPSA) is 68.5 Å². The van der Waals surface area contributed by atoms with Gasteiger partial charge in [0.25, 0.3) is 11.1 Å². The molecule has 6 nitrogen and oxygen atoms in total. The standard InChI is InChI=1S/C24H25N3O3S/c1-16-8-7-9-18(12-16)29-14-22-25-26-23(30-22)31-15-17(28)13-21-24(2,3)19-10-5-6-11-20(19)27(21)4/h5-13H,14-15H2,1-4H3/b21-13-. The quantitative estimate of drug-likeness (QED) is 0.385. The summed E-state index contributed by atoms with van der Waals surface area (Å²) in [5.74, 6) is 1.35. The lowest BCUT2D eigenvalue weighted by Gasteiger charge is -2.23. The van der Waals surface area contributed by atoms with Gasteiger partial charge in [0.2, 0.25) is 0 Å². The van der Waals surface area contributed by atoms with Crippen molar-refractivity contribution in [3.8, 4) is 5.75 Å². The highest BCUT2D eigenvalue weighted by molar-refractivity contribution is 7.99. The van der Waals surface area contributed by atoms with Crippen LogP contribution in [0.1, 0.15) is 30.9 Å². The fraction of sp³-hybridized carbons (Fsp3) is 0.292. The molecule has 0 spiro atoms. The second kappa shape index (κ2) is 8.59.